The van der Waals surface area contributed by atoms with Crippen LogP contribution in [0.15, 0.2) is 108 Å². The second kappa shape index (κ2) is 8.39. The summed E-state index contributed by atoms with van der Waals surface area (Å²) in [6.45, 7) is 4.08. The zero-order valence-electron chi connectivity index (χ0n) is 17.4. The van der Waals surface area contributed by atoms with Crippen LogP contribution >= 0.6 is 7.26 Å². The highest BCUT2D eigenvalue weighted by atomic mass is 32.2. The van der Waals surface area contributed by atoms with Crippen LogP contribution in [0, 0.1) is 13.8 Å². The van der Waals surface area contributed by atoms with Gasteiger partial charge in [-0.25, -0.2) is 8.42 Å². The summed E-state index contributed by atoms with van der Waals surface area (Å²) in [5.41, 5.74) is 2.14. The molecule has 0 saturated heterocycles. The van der Waals surface area contributed by atoms with E-state index in [-0.39, 0.29) is 4.90 Å². The minimum absolute atomic E-state index is 0.156. The molecule has 0 aliphatic carbocycles. The third-order valence-electron chi connectivity index (χ3n) is 5.51. The second-order valence-electron chi connectivity index (χ2n) is 7.55. The standard InChI is InChI=1S/C26H23O3PS/c1-20-17-18-21(2)25(19-20)30(22-11-5-3-6-12-22,23-13-7-4-8-14-23)24-15-9-10-16-26(24)31(27,28)29/h3-19H,1-2H3. The van der Waals surface area contributed by atoms with Gasteiger partial charge < -0.3 is 4.55 Å². The summed E-state index contributed by atoms with van der Waals surface area (Å²) < 4.78 is 37.2. The number of hydrogen-bond donors (Lipinski definition) is 0. The van der Waals surface area contributed by atoms with Crippen LogP contribution in [-0.2, 0) is 10.1 Å². The highest BCUT2D eigenvalue weighted by Gasteiger charge is 2.50. The molecule has 4 aromatic rings. The molecule has 156 valence electrons. The smallest absolute Gasteiger partial charge is 0.145 e. The molecule has 0 bridgehead atoms. The first kappa shape index (κ1) is 21.5. The highest BCUT2D eigenvalue weighted by Crippen LogP contribution is 2.56. The average molecular weight is 447 g/mol. The molecule has 5 heteroatoms. The van der Waals surface area contributed by atoms with Gasteiger partial charge in [-0.15, -0.1) is 0 Å². The van der Waals surface area contributed by atoms with Crippen LogP contribution in [-0.4, -0.2) is 13.0 Å². The molecule has 3 nitrogen and oxygen atoms in total. The zero-order chi connectivity index (χ0) is 22.1. The van der Waals surface area contributed by atoms with Gasteiger partial charge in [0.15, 0.2) is 0 Å². The lowest BCUT2D eigenvalue weighted by Gasteiger charge is -2.30. The van der Waals surface area contributed by atoms with Crippen LogP contribution in [0.2, 0.25) is 0 Å². The van der Waals surface area contributed by atoms with Crippen molar-refractivity contribution in [2.45, 2.75) is 18.7 Å². The van der Waals surface area contributed by atoms with Crippen LogP contribution in [0.3, 0.4) is 0 Å². The molecule has 31 heavy (non-hydrogen) atoms. The molecule has 0 saturated carbocycles. The predicted octanol–water partition coefficient (Wildman–Crippen LogP) is 3.83. The van der Waals surface area contributed by atoms with E-state index in [1.807, 2.05) is 80.6 Å². The SMILES string of the molecule is Cc1ccc(C)c([P+](c2ccccc2)(c2ccccc2)c2ccccc2S(=O)(=O)[O-])c1. The van der Waals surface area contributed by atoms with Gasteiger partial charge in [0.05, 0.1) is 4.90 Å². The monoisotopic (exact) mass is 446 g/mol. The summed E-state index contributed by atoms with van der Waals surface area (Å²) in [5, 5.41) is 3.63. The Balaban J connectivity index is 2.28. The van der Waals surface area contributed by atoms with Crippen molar-refractivity contribution in [1.29, 1.82) is 0 Å². The Bertz CT molecular complexity index is 1280. The molecule has 0 amide bonds. The molecular formula is C26H23O3PS. The van der Waals surface area contributed by atoms with E-state index >= 15 is 0 Å². The fraction of sp³-hybridized carbons (Fsp3) is 0.0769. The first-order chi connectivity index (χ1) is 14.8. The summed E-state index contributed by atoms with van der Waals surface area (Å²) in [6.07, 6.45) is 0. The molecule has 0 aromatic heterocycles. The van der Waals surface area contributed by atoms with E-state index in [9.17, 15) is 13.0 Å². The third kappa shape index (κ3) is 3.83. The third-order valence-corrected chi connectivity index (χ3v) is 11.0. The van der Waals surface area contributed by atoms with E-state index in [4.69, 9.17) is 0 Å². The first-order valence-corrected chi connectivity index (χ1v) is 13.2. The molecule has 0 fully saturated rings. The quantitative estimate of drug-likeness (QED) is 0.346. The number of rotatable bonds is 5. The summed E-state index contributed by atoms with van der Waals surface area (Å²) in [7, 11) is -7.37. The maximum Gasteiger partial charge on any atom is 0.145 e. The lowest BCUT2D eigenvalue weighted by atomic mass is 10.2. The number of benzene rings is 4. The summed E-state index contributed by atoms with van der Waals surface area (Å²) in [5.74, 6) is 0. The van der Waals surface area contributed by atoms with E-state index in [0.717, 1.165) is 27.0 Å². The fourth-order valence-corrected chi connectivity index (χ4v) is 10.1. The van der Waals surface area contributed by atoms with Gasteiger partial charge >= 0.3 is 0 Å². The van der Waals surface area contributed by atoms with Crippen LogP contribution in [0.25, 0.3) is 0 Å². The van der Waals surface area contributed by atoms with Gasteiger partial charge in [-0.3, -0.25) is 0 Å². The Kier molecular flexibility index (Phi) is 5.81. The minimum Gasteiger partial charge on any atom is -0.744 e. The topological polar surface area (TPSA) is 57.2 Å². The normalized spacial score (nSPS) is 12.0. The van der Waals surface area contributed by atoms with Crippen molar-refractivity contribution in [2.24, 2.45) is 0 Å². The molecule has 0 heterocycles. The fourth-order valence-electron chi connectivity index (χ4n) is 4.16. The van der Waals surface area contributed by atoms with Gasteiger partial charge in [-0.2, -0.15) is 0 Å². The van der Waals surface area contributed by atoms with Gasteiger partial charge in [-0.05, 0) is 67.4 Å². The van der Waals surface area contributed by atoms with Gasteiger partial charge in [0, 0.05) is 0 Å². The number of aryl methyl sites for hydroxylation is 2. The average Bonchev–Trinajstić information content (AvgIpc) is 2.78. The maximum absolute atomic E-state index is 12.4. The largest absolute Gasteiger partial charge is 0.744 e. The zero-order valence-corrected chi connectivity index (χ0v) is 19.1. The first-order valence-electron chi connectivity index (χ1n) is 9.99. The molecule has 4 rings (SSSR count). The molecule has 0 N–H and O–H groups in total. The Morgan fingerprint density at radius 1 is 0.645 bits per heavy atom. The van der Waals surface area contributed by atoms with Gasteiger partial charge in [0.2, 0.25) is 0 Å². The van der Waals surface area contributed by atoms with Crippen LogP contribution in [0.5, 0.6) is 0 Å². The van der Waals surface area contributed by atoms with Crippen molar-refractivity contribution in [3.05, 3.63) is 114 Å². The van der Waals surface area contributed by atoms with Crippen molar-refractivity contribution >= 4 is 38.6 Å². The Morgan fingerprint density at radius 3 is 1.71 bits per heavy atom. The molecule has 0 unspecified atom stereocenters. The summed E-state index contributed by atoms with van der Waals surface area (Å²) in [6, 6.07) is 32.8. The van der Waals surface area contributed by atoms with E-state index < -0.39 is 17.4 Å². The molecule has 0 radical (unpaired) electrons. The summed E-state index contributed by atoms with van der Waals surface area (Å²) in [4.78, 5) is -0.156. The predicted molar refractivity (Wildman–Crippen MR) is 129 cm³/mol. The Hall–Kier alpha value is -2.78. The molecule has 0 spiro atoms. The van der Waals surface area contributed by atoms with Crippen molar-refractivity contribution < 1.29 is 13.0 Å². The van der Waals surface area contributed by atoms with E-state index in [0.29, 0.717) is 5.30 Å². The van der Waals surface area contributed by atoms with E-state index in [1.54, 1.807) is 12.1 Å². The molecule has 0 aliphatic heterocycles. The maximum atomic E-state index is 12.4. The minimum atomic E-state index is -4.69. The molecule has 0 atom stereocenters. The van der Waals surface area contributed by atoms with Crippen molar-refractivity contribution in [3.8, 4) is 0 Å². The summed E-state index contributed by atoms with van der Waals surface area (Å²) >= 11 is 0. The molecule has 0 aliphatic rings. The van der Waals surface area contributed by atoms with Gasteiger partial charge in [-0.1, -0.05) is 60.7 Å². The van der Waals surface area contributed by atoms with E-state index in [2.05, 4.69) is 18.2 Å². The van der Waals surface area contributed by atoms with Gasteiger partial charge in [0.1, 0.15) is 38.6 Å². The van der Waals surface area contributed by atoms with Crippen LogP contribution in [0.1, 0.15) is 11.1 Å². The van der Waals surface area contributed by atoms with Crippen molar-refractivity contribution in [2.75, 3.05) is 0 Å². The molecule has 4 aromatic carbocycles. The highest BCUT2D eigenvalue weighted by molar-refractivity contribution is 8.02. The lowest BCUT2D eigenvalue weighted by molar-refractivity contribution is 0.463. The van der Waals surface area contributed by atoms with Crippen LogP contribution in [0.4, 0.5) is 0 Å². The lowest BCUT2D eigenvalue weighted by Crippen LogP contribution is -2.41. The number of hydrogen-bond acceptors (Lipinski definition) is 3. The Labute approximate surface area is 184 Å². The van der Waals surface area contributed by atoms with Gasteiger partial charge in [0.25, 0.3) is 0 Å². The van der Waals surface area contributed by atoms with E-state index in [1.165, 1.54) is 6.07 Å². The Morgan fingerprint density at radius 2 is 1.16 bits per heavy atom. The van der Waals surface area contributed by atoms with Crippen LogP contribution < -0.4 is 21.2 Å². The second-order valence-corrected chi connectivity index (χ2v) is 12.2. The van der Waals surface area contributed by atoms with Crippen molar-refractivity contribution in [3.63, 3.8) is 0 Å². The van der Waals surface area contributed by atoms with Crippen molar-refractivity contribution in [1.82, 2.24) is 0 Å². The molecular weight excluding hydrogens is 423 g/mol.